The van der Waals surface area contributed by atoms with Gasteiger partial charge in [-0.15, -0.1) is 0 Å². The fraction of sp³-hybridized carbons (Fsp3) is 0.536. The van der Waals surface area contributed by atoms with E-state index in [0.29, 0.717) is 12.3 Å². The van der Waals surface area contributed by atoms with Crippen LogP contribution in [0.25, 0.3) is 0 Å². The van der Waals surface area contributed by atoms with Crippen molar-refractivity contribution in [2.24, 2.45) is 5.92 Å². The molecule has 2 aliphatic heterocycles. The number of carbonyl (C=O) groups excluding carboxylic acids is 1. The van der Waals surface area contributed by atoms with Gasteiger partial charge in [0.05, 0.1) is 7.11 Å². The minimum Gasteiger partial charge on any atom is -0.490 e. The summed E-state index contributed by atoms with van der Waals surface area (Å²) in [7, 11) is 1.44. The first-order valence-corrected chi connectivity index (χ1v) is 13.0. The number of aryl methyl sites for hydroxylation is 1. The Bertz CT molecular complexity index is 971. The summed E-state index contributed by atoms with van der Waals surface area (Å²) < 4.78 is 24.6. The molecule has 7 heteroatoms. The summed E-state index contributed by atoms with van der Waals surface area (Å²) in [4.78, 5) is 17.3. The Balaban J connectivity index is 1.22. The molecule has 2 aliphatic rings. The van der Waals surface area contributed by atoms with Crippen LogP contribution in [0.3, 0.4) is 0 Å². The molecule has 0 saturated carbocycles. The van der Waals surface area contributed by atoms with Crippen molar-refractivity contribution in [3.63, 3.8) is 0 Å². The van der Waals surface area contributed by atoms with Crippen LogP contribution in [0, 0.1) is 18.7 Å². The van der Waals surface area contributed by atoms with Crippen molar-refractivity contribution < 1.29 is 18.7 Å². The molecule has 0 radical (unpaired) electrons. The molecule has 2 heterocycles. The fourth-order valence-electron chi connectivity index (χ4n) is 5.29. The highest BCUT2D eigenvalue weighted by atomic mass is 35.5. The Labute approximate surface area is 213 Å². The zero-order chi connectivity index (χ0) is 24.8. The van der Waals surface area contributed by atoms with Gasteiger partial charge in [-0.05, 0) is 99.5 Å². The van der Waals surface area contributed by atoms with Crippen LogP contribution in [0.5, 0.6) is 5.75 Å². The maximum Gasteiger partial charge on any atom is 0.323 e. The van der Waals surface area contributed by atoms with Crippen molar-refractivity contribution in [3.8, 4) is 5.75 Å². The maximum absolute atomic E-state index is 13.3. The van der Waals surface area contributed by atoms with Crippen LogP contribution in [-0.2, 0) is 16.0 Å². The molecule has 0 bridgehead atoms. The van der Waals surface area contributed by atoms with Crippen LogP contribution < -0.4 is 4.74 Å². The lowest BCUT2D eigenvalue weighted by Gasteiger charge is -2.39. The number of ether oxygens (including phenoxy) is 2. The molecule has 35 heavy (non-hydrogen) atoms. The smallest absolute Gasteiger partial charge is 0.323 e. The van der Waals surface area contributed by atoms with Gasteiger partial charge in [0.2, 0.25) is 0 Å². The van der Waals surface area contributed by atoms with Gasteiger partial charge in [0.1, 0.15) is 23.7 Å². The molecule has 0 spiro atoms. The Morgan fingerprint density at radius 1 is 1.06 bits per heavy atom. The summed E-state index contributed by atoms with van der Waals surface area (Å²) in [6.07, 6.45) is 4.99. The first-order valence-electron chi connectivity index (χ1n) is 12.6. The van der Waals surface area contributed by atoms with Gasteiger partial charge in [-0.2, -0.15) is 0 Å². The molecule has 190 valence electrons. The van der Waals surface area contributed by atoms with Gasteiger partial charge >= 0.3 is 5.97 Å². The van der Waals surface area contributed by atoms with Crippen molar-refractivity contribution in [1.29, 1.82) is 0 Å². The van der Waals surface area contributed by atoms with Gasteiger partial charge in [0.25, 0.3) is 0 Å². The third-order valence-corrected chi connectivity index (χ3v) is 7.62. The third-order valence-electron chi connectivity index (χ3n) is 7.39. The predicted molar refractivity (Wildman–Crippen MR) is 136 cm³/mol. The molecule has 2 aromatic rings. The van der Waals surface area contributed by atoms with Crippen molar-refractivity contribution in [2.45, 2.75) is 51.2 Å². The van der Waals surface area contributed by atoms with Gasteiger partial charge in [-0.25, -0.2) is 4.39 Å². The van der Waals surface area contributed by atoms with E-state index in [2.05, 4.69) is 9.80 Å². The van der Waals surface area contributed by atoms with Gasteiger partial charge < -0.3 is 14.4 Å². The molecular formula is C28H36ClFN2O3. The highest BCUT2D eigenvalue weighted by molar-refractivity contribution is 6.30. The summed E-state index contributed by atoms with van der Waals surface area (Å²) in [5, 5.41) is 0.740. The molecule has 0 aromatic heterocycles. The summed E-state index contributed by atoms with van der Waals surface area (Å²) in [5.41, 5.74) is 2.03. The van der Waals surface area contributed by atoms with E-state index in [4.69, 9.17) is 21.1 Å². The predicted octanol–water partition coefficient (Wildman–Crippen LogP) is 5.13. The lowest BCUT2D eigenvalue weighted by molar-refractivity contribution is -0.147. The first kappa shape index (κ1) is 25.9. The standard InChI is InChI=1S/C28H36ClFN2O3/c1-20-17-23(29)5-8-27(20)35-25-11-13-31(14-12-25)19-22-9-15-32(16-10-22)26(28(33)34-2)18-21-3-6-24(30)7-4-21/h3-8,17,22,25-26H,9-16,18-19H2,1-2H3/t26-/m0/s1. The molecule has 4 rings (SSSR count). The monoisotopic (exact) mass is 502 g/mol. The lowest BCUT2D eigenvalue weighted by Crippen LogP contribution is -2.49. The topological polar surface area (TPSA) is 42.0 Å². The highest BCUT2D eigenvalue weighted by Crippen LogP contribution is 2.27. The zero-order valence-electron chi connectivity index (χ0n) is 20.7. The van der Waals surface area contributed by atoms with E-state index in [1.54, 1.807) is 12.1 Å². The van der Waals surface area contributed by atoms with Crippen LogP contribution in [0.2, 0.25) is 5.02 Å². The molecule has 1 atom stereocenters. The maximum atomic E-state index is 13.3. The zero-order valence-corrected chi connectivity index (χ0v) is 21.5. The van der Waals surface area contributed by atoms with E-state index >= 15 is 0 Å². The molecule has 0 unspecified atom stereocenters. The average molecular weight is 503 g/mol. The molecular weight excluding hydrogens is 467 g/mol. The van der Waals surface area contributed by atoms with Crippen LogP contribution in [0.1, 0.15) is 36.8 Å². The van der Waals surface area contributed by atoms with E-state index in [1.165, 1.54) is 19.2 Å². The fourth-order valence-corrected chi connectivity index (χ4v) is 5.51. The number of esters is 1. The van der Waals surface area contributed by atoms with Crippen LogP contribution >= 0.6 is 11.6 Å². The number of benzene rings is 2. The molecule has 5 nitrogen and oxygen atoms in total. The van der Waals surface area contributed by atoms with Crippen molar-refractivity contribution in [3.05, 3.63) is 64.4 Å². The molecule has 0 aliphatic carbocycles. The summed E-state index contributed by atoms with van der Waals surface area (Å²) >= 11 is 6.06. The molecule has 2 fully saturated rings. The van der Waals surface area contributed by atoms with Gasteiger partial charge in [0, 0.05) is 24.7 Å². The Morgan fingerprint density at radius 2 is 1.74 bits per heavy atom. The van der Waals surface area contributed by atoms with Gasteiger partial charge in [-0.3, -0.25) is 9.69 Å². The number of carbonyl (C=O) groups is 1. The summed E-state index contributed by atoms with van der Waals surface area (Å²) in [6.45, 7) is 6.98. The second kappa shape index (κ2) is 12.2. The second-order valence-electron chi connectivity index (χ2n) is 9.88. The van der Waals surface area contributed by atoms with Crippen LogP contribution in [0.4, 0.5) is 4.39 Å². The van der Waals surface area contributed by atoms with Crippen molar-refractivity contribution in [2.75, 3.05) is 39.8 Å². The van der Waals surface area contributed by atoms with Crippen molar-refractivity contribution in [1.82, 2.24) is 9.80 Å². The number of methoxy groups -OCH3 is 1. The number of nitrogens with zero attached hydrogens (tertiary/aromatic N) is 2. The number of piperidine rings is 2. The van der Waals surface area contributed by atoms with Crippen molar-refractivity contribution >= 4 is 17.6 Å². The minimum atomic E-state index is -0.323. The Hall–Kier alpha value is -2.15. The quantitative estimate of drug-likeness (QED) is 0.468. The Morgan fingerprint density at radius 3 is 2.37 bits per heavy atom. The molecule has 0 N–H and O–H groups in total. The third kappa shape index (κ3) is 7.18. The van der Waals surface area contributed by atoms with E-state index in [-0.39, 0.29) is 23.9 Å². The largest absolute Gasteiger partial charge is 0.490 e. The number of hydrogen-bond acceptors (Lipinski definition) is 5. The molecule has 2 saturated heterocycles. The van der Waals surface area contributed by atoms with E-state index < -0.39 is 0 Å². The minimum absolute atomic E-state index is 0.217. The highest BCUT2D eigenvalue weighted by Gasteiger charge is 2.32. The second-order valence-corrected chi connectivity index (χ2v) is 10.3. The van der Waals surface area contributed by atoms with E-state index in [1.807, 2.05) is 25.1 Å². The van der Waals surface area contributed by atoms with Crippen LogP contribution in [-0.4, -0.2) is 67.7 Å². The Kier molecular flexibility index (Phi) is 9.04. The summed E-state index contributed by atoms with van der Waals surface area (Å²) in [6, 6.07) is 11.9. The SMILES string of the molecule is COC(=O)[C@H](Cc1ccc(F)cc1)N1CCC(CN2CCC(Oc3ccc(Cl)cc3C)CC2)CC1. The van der Waals surface area contributed by atoms with E-state index in [9.17, 15) is 9.18 Å². The van der Waals surface area contributed by atoms with Crippen LogP contribution in [0.15, 0.2) is 42.5 Å². The number of hydrogen-bond donors (Lipinski definition) is 0. The number of halogens is 2. The normalized spacial score (nSPS) is 19.4. The molecule has 0 amide bonds. The van der Waals surface area contributed by atoms with Gasteiger partial charge in [0.15, 0.2) is 0 Å². The summed E-state index contributed by atoms with van der Waals surface area (Å²) in [5.74, 6) is 1.08. The van der Waals surface area contributed by atoms with E-state index in [0.717, 1.165) is 80.3 Å². The average Bonchev–Trinajstić information content (AvgIpc) is 2.86. The molecule has 2 aromatic carbocycles. The lowest BCUT2D eigenvalue weighted by atomic mass is 9.93. The number of likely N-dealkylation sites (tertiary alicyclic amines) is 2. The first-order chi connectivity index (χ1) is 16.9. The number of rotatable bonds is 8. The van der Waals surface area contributed by atoms with Gasteiger partial charge in [-0.1, -0.05) is 23.7 Å².